The van der Waals surface area contributed by atoms with Crippen LogP contribution in [0, 0.1) is 6.92 Å². The first kappa shape index (κ1) is 7.23. The Morgan fingerprint density at radius 2 is 2.27 bits per heavy atom. The first-order chi connectivity index (χ1) is 5.25. The molecule has 1 heteroatoms. The van der Waals surface area contributed by atoms with Crippen molar-refractivity contribution in [2.24, 2.45) is 0 Å². The summed E-state index contributed by atoms with van der Waals surface area (Å²) in [5, 5.41) is 0.784. The molecule has 0 bridgehead atoms. The van der Waals surface area contributed by atoms with E-state index in [9.17, 15) is 0 Å². The van der Waals surface area contributed by atoms with Crippen LogP contribution in [0.25, 0.3) is 0 Å². The van der Waals surface area contributed by atoms with Crippen LogP contribution < -0.4 is 0 Å². The third kappa shape index (κ3) is 1.30. The number of fused-ring (bicyclic) bond motifs is 1. The fourth-order valence-electron chi connectivity index (χ4n) is 1.55. The molecule has 0 amide bonds. The third-order valence-corrected chi connectivity index (χ3v) is 3.27. The monoisotopic (exact) mass is 164 g/mol. The van der Waals surface area contributed by atoms with Crippen LogP contribution in [0.3, 0.4) is 0 Å². The zero-order chi connectivity index (χ0) is 7.84. The van der Waals surface area contributed by atoms with Gasteiger partial charge in [0.2, 0.25) is 0 Å². The minimum atomic E-state index is 0.784. The molecule has 1 heterocycles. The second-order valence-electron chi connectivity index (χ2n) is 3.24. The Bertz CT molecular complexity index is 278. The van der Waals surface area contributed by atoms with Gasteiger partial charge in [0, 0.05) is 10.1 Å². The zero-order valence-electron chi connectivity index (χ0n) is 6.92. The molecule has 11 heavy (non-hydrogen) atoms. The molecule has 0 aliphatic carbocycles. The van der Waals surface area contributed by atoms with E-state index < -0.39 is 0 Å². The maximum absolute atomic E-state index is 2.31. The van der Waals surface area contributed by atoms with Crippen molar-refractivity contribution in [1.29, 1.82) is 0 Å². The van der Waals surface area contributed by atoms with E-state index in [0.29, 0.717) is 0 Å². The van der Waals surface area contributed by atoms with Crippen molar-refractivity contribution in [3.05, 3.63) is 29.3 Å². The molecule has 0 spiro atoms. The first-order valence-corrected chi connectivity index (χ1v) is 4.90. The molecule has 0 radical (unpaired) electrons. The van der Waals surface area contributed by atoms with Gasteiger partial charge in [-0.2, -0.15) is 0 Å². The Kier molecular flexibility index (Phi) is 1.68. The molecule has 0 fully saturated rings. The average molecular weight is 164 g/mol. The van der Waals surface area contributed by atoms with Crippen molar-refractivity contribution in [1.82, 2.24) is 0 Å². The Labute approximate surface area is 72.0 Å². The lowest BCUT2D eigenvalue weighted by Gasteiger charge is -1.97. The number of aryl methyl sites for hydroxylation is 1. The van der Waals surface area contributed by atoms with Gasteiger partial charge in [0.25, 0.3) is 0 Å². The van der Waals surface area contributed by atoms with Gasteiger partial charge in [0.05, 0.1) is 0 Å². The maximum atomic E-state index is 2.31. The second-order valence-corrected chi connectivity index (χ2v) is 4.72. The fourth-order valence-corrected chi connectivity index (χ4v) is 2.69. The molecule has 1 aromatic rings. The SMILES string of the molecule is Cc1ccc2c(c1)CC(C)S2. The van der Waals surface area contributed by atoms with Gasteiger partial charge in [-0.3, -0.25) is 0 Å². The number of thioether (sulfide) groups is 1. The number of benzene rings is 1. The molecular formula is C10H12S. The molecule has 0 saturated heterocycles. The van der Waals surface area contributed by atoms with E-state index in [1.807, 2.05) is 11.8 Å². The van der Waals surface area contributed by atoms with Gasteiger partial charge in [0.15, 0.2) is 0 Å². The summed E-state index contributed by atoms with van der Waals surface area (Å²) in [6, 6.07) is 6.76. The van der Waals surface area contributed by atoms with Crippen LogP contribution in [0.2, 0.25) is 0 Å². The lowest BCUT2D eigenvalue weighted by Crippen LogP contribution is -1.90. The van der Waals surface area contributed by atoms with E-state index in [-0.39, 0.29) is 0 Å². The standard InChI is InChI=1S/C10H12S/c1-7-3-4-10-9(5-7)6-8(2)11-10/h3-5,8H,6H2,1-2H3. The second kappa shape index (κ2) is 2.56. The lowest BCUT2D eigenvalue weighted by atomic mass is 10.1. The Hall–Kier alpha value is -0.430. The molecule has 0 saturated carbocycles. The largest absolute Gasteiger partial charge is 0.122 e. The molecule has 2 rings (SSSR count). The van der Waals surface area contributed by atoms with Crippen LogP contribution in [0.5, 0.6) is 0 Å². The van der Waals surface area contributed by atoms with Crippen molar-refractivity contribution < 1.29 is 0 Å². The Balaban J connectivity index is 2.43. The minimum Gasteiger partial charge on any atom is -0.122 e. The molecule has 0 nitrogen and oxygen atoms in total. The molecular weight excluding hydrogens is 152 g/mol. The lowest BCUT2D eigenvalue weighted by molar-refractivity contribution is 0.958. The summed E-state index contributed by atoms with van der Waals surface area (Å²) in [7, 11) is 0. The highest BCUT2D eigenvalue weighted by Gasteiger charge is 2.17. The van der Waals surface area contributed by atoms with Crippen molar-refractivity contribution >= 4 is 11.8 Å². The summed E-state index contributed by atoms with van der Waals surface area (Å²) in [6.07, 6.45) is 1.25. The highest BCUT2D eigenvalue weighted by atomic mass is 32.2. The summed E-state index contributed by atoms with van der Waals surface area (Å²) in [4.78, 5) is 1.49. The maximum Gasteiger partial charge on any atom is 0.0107 e. The average Bonchev–Trinajstić information content (AvgIpc) is 2.27. The smallest absolute Gasteiger partial charge is 0.0107 e. The fraction of sp³-hybridized carbons (Fsp3) is 0.400. The molecule has 1 aliphatic rings. The number of hydrogen-bond acceptors (Lipinski definition) is 1. The van der Waals surface area contributed by atoms with Crippen molar-refractivity contribution in [2.75, 3.05) is 0 Å². The highest BCUT2D eigenvalue weighted by molar-refractivity contribution is 8.00. The van der Waals surface area contributed by atoms with Gasteiger partial charge in [-0.1, -0.05) is 24.6 Å². The molecule has 0 N–H and O–H groups in total. The Morgan fingerprint density at radius 1 is 1.45 bits per heavy atom. The quantitative estimate of drug-likeness (QED) is 0.568. The van der Waals surface area contributed by atoms with Crippen LogP contribution in [0.4, 0.5) is 0 Å². The normalized spacial score (nSPS) is 21.8. The summed E-state index contributed by atoms with van der Waals surface area (Å²) in [5.41, 5.74) is 2.93. The Morgan fingerprint density at radius 3 is 3.09 bits per heavy atom. The molecule has 1 aromatic carbocycles. The van der Waals surface area contributed by atoms with E-state index in [1.54, 1.807) is 5.56 Å². The molecule has 1 unspecified atom stereocenters. The predicted molar refractivity (Wildman–Crippen MR) is 50.2 cm³/mol. The van der Waals surface area contributed by atoms with Crippen LogP contribution in [-0.4, -0.2) is 5.25 Å². The van der Waals surface area contributed by atoms with E-state index in [0.717, 1.165) is 5.25 Å². The first-order valence-electron chi connectivity index (χ1n) is 4.02. The van der Waals surface area contributed by atoms with E-state index >= 15 is 0 Å². The van der Waals surface area contributed by atoms with Gasteiger partial charge in [-0.15, -0.1) is 11.8 Å². The van der Waals surface area contributed by atoms with Gasteiger partial charge in [0.1, 0.15) is 0 Å². The summed E-state index contributed by atoms with van der Waals surface area (Å²) in [5.74, 6) is 0. The molecule has 0 aromatic heterocycles. The van der Waals surface area contributed by atoms with Crippen LogP contribution in [0.15, 0.2) is 23.1 Å². The summed E-state index contributed by atoms with van der Waals surface area (Å²) < 4.78 is 0. The van der Waals surface area contributed by atoms with E-state index in [4.69, 9.17) is 0 Å². The van der Waals surface area contributed by atoms with Crippen LogP contribution in [0.1, 0.15) is 18.1 Å². The van der Waals surface area contributed by atoms with Gasteiger partial charge >= 0.3 is 0 Å². The highest BCUT2D eigenvalue weighted by Crippen LogP contribution is 2.36. The van der Waals surface area contributed by atoms with Gasteiger partial charge in [-0.05, 0) is 25.0 Å². The number of hydrogen-bond donors (Lipinski definition) is 0. The molecule has 58 valence electrons. The van der Waals surface area contributed by atoms with Crippen molar-refractivity contribution in [3.8, 4) is 0 Å². The number of rotatable bonds is 0. The molecule has 1 aliphatic heterocycles. The zero-order valence-corrected chi connectivity index (χ0v) is 7.74. The van der Waals surface area contributed by atoms with Crippen molar-refractivity contribution in [3.63, 3.8) is 0 Å². The van der Waals surface area contributed by atoms with Crippen LogP contribution >= 0.6 is 11.8 Å². The predicted octanol–water partition coefficient (Wildman–Crippen LogP) is 3.03. The topological polar surface area (TPSA) is 0 Å². The summed E-state index contributed by atoms with van der Waals surface area (Å²) >= 11 is 2.00. The van der Waals surface area contributed by atoms with Crippen LogP contribution in [-0.2, 0) is 6.42 Å². The van der Waals surface area contributed by atoms with Crippen molar-refractivity contribution in [2.45, 2.75) is 30.4 Å². The summed E-state index contributed by atoms with van der Waals surface area (Å²) in [6.45, 7) is 4.45. The van der Waals surface area contributed by atoms with Gasteiger partial charge in [-0.25, -0.2) is 0 Å². The van der Waals surface area contributed by atoms with E-state index in [1.165, 1.54) is 16.9 Å². The van der Waals surface area contributed by atoms with Gasteiger partial charge < -0.3 is 0 Å². The minimum absolute atomic E-state index is 0.784. The molecule has 1 atom stereocenters. The van der Waals surface area contributed by atoms with E-state index in [2.05, 4.69) is 32.0 Å². The third-order valence-electron chi connectivity index (χ3n) is 2.05.